The van der Waals surface area contributed by atoms with Gasteiger partial charge in [0.2, 0.25) is 11.8 Å². The van der Waals surface area contributed by atoms with Gasteiger partial charge in [-0.05, 0) is 43.2 Å². The summed E-state index contributed by atoms with van der Waals surface area (Å²) in [5.74, 6) is -4.16. The van der Waals surface area contributed by atoms with Gasteiger partial charge in [-0.15, -0.1) is 0 Å². The number of amides is 2. The number of hydrogen-bond acceptors (Lipinski definition) is 5. The maximum absolute atomic E-state index is 13.3. The average Bonchev–Trinajstić information content (AvgIpc) is 3.12. The number of aryl methyl sites for hydroxylation is 2. The number of carbonyl (C=O) groups is 3. The molecule has 28 heavy (non-hydrogen) atoms. The van der Waals surface area contributed by atoms with E-state index in [0.717, 1.165) is 16.0 Å². The Balaban J connectivity index is 1.81. The summed E-state index contributed by atoms with van der Waals surface area (Å²) in [5.41, 5.74) is 2.65. The van der Waals surface area contributed by atoms with E-state index < -0.39 is 41.7 Å². The van der Waals surface area contributed by atoms with Crippen LogP contribution in [-0.4, -0.2) is 34.0 Å². The number of carboxylic acid groups (broad SMARTS) is 1. The third kappa shape index (κ3) is 2.66. The lowest BCUT2D eigenvalue weighted by Gasteiger charge is -2.22. The zero-order valence-electron chi connectivity index (χ0n) is 15.4. The molecule has 0 radical (unpaired) electrons. The van der Waals surface area contributed by atoms with Crippen molar-refractivity contribution < 1.29 is 24.6 Å². The fourth-order valence-electron chi connectivity index (χ4n) is 4.41. The normalized spacial score (nSPS) is 26.6. The van der Waals surface area contributed by atoms with E-state index in [1.807, 2.05) is 19.9 Å². The Bertz CT molecular complexity index is 982. The van der Waals surface area contributed by atoms with Crippen molar-refractivity contribution >= 4 is 23.5 Å². The molecule has 0 spiro atoms. The van der Waals surface area contributed by atoms with Crippen LogP contribution in [0.3, 0.4) is 0 Å². The lowest BCUT2D eigenvalue weighted by molar-refractivity contribution is -0.142. The second-order valence-corrected chi connectivity index (χ2v) is 7.43. The molecule has 2 fully saturated rings. The van der Waals surface area contributed by atoms with E-state index in [1.54, 1.807) is 30.3 Å². The van der Waals surface area contributed by atoms with Crippen molar-refractivity contribution in [3.8, 4) is 5.75 Å². The summed E-state index contributed by atoms with van der Waals surface area (Å²) in [4.78, 5) is 39.3. The molecule has 4 rings (SSSR count). The van der Waals surface area contributed by atoms with Gasteiger partial charge in [0.1, 0.15) is 11.8 Å². The minimum atomic E-state index is -1.21. The Kier molecular flexibility index (Phi) is 4.19. The number of rotatable bonds is 3. The van der Waals surface area contributed by atoms with Crippen LogP contribution >= 0.6 is 0 Å². The van der Waals surface area contributed by atoms with Crippen molar-refractivity contribution in [2.24, 2.45) is 11.8 Å². The first-order chi connectivity index (χ1) is 13.3. The monoisotopic (exact) mass is 380 g/mol. The first kappa shape index (κ1) is 18.2. The predicted octanol–water partition coefficient (Wildman–Crippen LogP) is 1.91. The van der Waals surface area contributed by atoms with Crippen LogP contribution in [0.5, 0.6) is 5.75 Å². The third-order valence-corrected chi connectivity index (χ3v) is 5.48. The van der Waals surface area contributed by atoms with Crippen LogP contribution in [0.1, 0.15) is 22.7 Å². The predicted molar refractivity (Wildman–Crippen MR) is 101 cm³/mol. The van der Waals surface area contributed by atoms with Gasteiger partial charge in [0, 0.05) is 11.6 Å². The Labute approximate surface area is 161 Å². The van der Waals surface area contributed by atoms with Crippen molar-refractivity contribution in [1.82, 2.24) is 5.32 Å². The number of phenols is 1. The minimum absolute atomic E-state index is 0.0464. The number of carboxylic acids is 1. The highest BCUT2D eigenvalue weighted by atomic mass is 16.4. The number of phenolic OH excluding ortho intramolecular Hbond substituents is 1. The largest absolute Gasteiger partial charge is 0.508 e. The van der Waals surface area contributed by atoms with E-state index in [-0.39, 0.29) is 5.75 Å². The number of aliphatic carboxylic acids is 1. The van der Waals surface area contributed by atoms with Crippen molar-refractivity contribution in [3.05, 3.63) is 59.2 Å². The maximum Gasteiger partial charge on any atom is 0.321 e. The van der Waals surface area contributed by atoms with Crippen LogP contribution in [0.15, 0.2) is 42.5 Å². The van der Waals surface area contributed by atoms with Gasteiger partial charge in [0.05, 0.1) is 17.5 Å². The Morgan fingerprint density at radius 1 is 1.00 bits per heavy atom. The molecule has 2 aromatic rings. The van der Waals surface area contributed by atoms with Gasteiger partial charge in [0.15, 0.2) is 0 Å². The highest BCUT2D eigenvalue weighted by molar-refractivity contribution is 6.23. The number of imide groups is 1. The van der Waals surface area contributed by atoms with Gasteiger partial charge < -0.3 is 10.2 Å². The summed E-state index contributed by atoms with van der Waals surface area (Å²) >= 11 is 0. The molecular formula is C21H20N2O5. The second-order valence-electron chi connectivity index (χ2n) is 7.43. The summed E-state index contributed by atoms with van der Waals surface area (Å²) in [6.07, 6.45) is 0. The van der Waals surface area contributed by atoms with Crippen LogP contribution in [-0.2, 0) is 14.4 Å². The van der Waals surface area contributed by atoms with Crippen LogP contribution < -0.4 is 10.2 Å². The molecule has 2 heterocycles. The van der Waals surface area contributed by atoms with Gasteiger partial charge in [-0.3, -0.25) is 19.7 Å². The number of nitrogens with one attached hydrogen (secondary N) is 1. The number of carbonyl (C=O) groups excluding carboxylic acids is 2. The van der Waals surface area contributed by atoms with Crippen LogP contribution in [0.4, 0.5) is 5.69 Å². The molecule has 2 aliphatic rings. The molecule has 0 unspecified atom stereocenters. The van der Waals surface area contributed by atoms with Gasteiger partial charge in [-0.1, -0.05) is 24.3 Å². The quantitative estimate of drug-likeness (QED) is 0.703. The van der Waals surface area contributed by atoms with E-state index in [1.165, 1.54) is 6.07 Å². The summed E-state index contributed by atoms with van der Waals surface area (Å²) in [6, 6.07) is 9.88. The zero-order valence-corrected chi connectivity index (χ0v) is 15.4. The van der Waals surface area contributed by atoms with Crippen LogP contribution in [0.2, 0.25) is 0 Å². The molecule has 7 nitrogen and oxygen atoms in total. The molecule has 2 amide bonds. The molecule has 2 aliphatic heterocycles. The molecular weight excluding hydrogens is 360 g/mol. The average molecular weight is 380 g/mol. The van der Waals surface area contributed by atoms with E-state index in [0.29, 0.717) is 11.3 Å². The Hall–Kier alpha value is -3.19. The third-order valence-electron chi connectivity index (χ3n) is 5.48. The smallest absolute Gasteiger partial charge is 0.321 e. The molecule has 3 N–H and O–H groups in total. The first-order valence-electron chi connectivity index (χ1n) is 9.02. The first-order valence-corrected chi connectivity index (χ1v) is 9.02. The van der Waals surface area contributed by atoms with E-state index in [2.05, 4.69) is 5.32 Å². The highest BCUT2D eigenvalue weighted by Crippen LogP contribution is 2.47. The summed E-state index contributed by atoms with van der Waals surface area (Å²) in [6.45, 7) is 3.74. The fourth-order valence-corrected chi connectivity index (χ4v) is 4.41. The Morgan fingerprint density at radius 2 is 1.61 bits per heavy atom. The zero-order chi connectivity index (χ0) is 20.2. The molecule has 0 bridgehead atoms. The summed E-state index contributed by atoms with van der Waals surface area (Å²) in [5, 5.41) is 22.7. The maximum atomic E-state index is 13.3. The van der Waals surface area contributed by atoms with Crippen LogP contribution in [0, 0.1) is 25.7 Å². The number of anilines is 1. The van der Waals surface area contributed by atoms with Crippen LogP contribution in [0.25, 0.3) is 0 Å². The SMILES string of the molecule is Cc1cc(C)cc(N2C(=O)[C@@H]3[C@H](C2=O)[C@H](C(=O)O)N[C@H]3c2ccccc2O)c1. The number of nitrogens with zero attached hydrogens (tertiary/aromatic N) is 1. The molecule has 7 heteroatoms. The van der Waals surface area contributed by atoms with E-state index in [9.17, 15) is 24.6 Å². The number of para-hydroxylation sites is 1. The highest BCUT2D eigenvalue weighted by Gasteiger charge is 2.61. The van der Waals surface area contributed by atoms with E-state index in [4.69, 9.17) is 0 Å². The van der Waals surface area contributed by atoms with Gasteiger partial charge in [0.25, 0.3) is 0 Å². The number of aromatic hydroxyl groups is 1. The van der Waals surface area contributed by atoms with Gasteiger partial charge >= 0.3 is 5.97 Å². The molecule has 4 atom stereocenters. The molecule has 144 valence electrons. The van der Waals surface area contributed by atoms with Crippen molar-refractivity contribution in [2.75, 3.05) is 4.90 Å². The minimum Gasteiger partial charge on any atom is -0.508 e. The number of benzene rings is 2. The standard InChI is InChI=1S/C21H20N2O5/c1-10-7-11(2)9-12(8-10)23-19(25)15-16(20(23)26)18(21(27)28)22-17(15)13-5-3-4-6-14(13)24/h3-9,15-18,22,24H,1-2H3,(H,27,28)/t15-,16+,17+,18-/m1/s1. The summed E-state index contributed by atoms with van der Waals surface area (Å²) in [7, 11) is 0. The molecule has 2 aromatic carbocycles. The molecule has 0 aromatic heterocycles. The molecule has 0 aliphatic carbocycles. The number of hydrogen-bond donors (Lipinski definition) is 3. The van der Waals surface area contributed by atoms with E-state index >= 15 is 0 Å². The summed E-state index contributed by atoms with van der Waals surface area (Å²) < 4.78 is 0. The molecule has 2 saturated heterocycles. The number of fused-ring (bicyclic) bond motifs is 1. The second kappa shape index (κ2) is 6.45. The Morgan fingerprint density at radius 3 is 2.21 bits per heavy atom. The topological polar surface area (TPSA) is 107 Å². The van der Waals surface area contributed by atoms with Crippen molar-refractivity contribution in [2.45, 2.75) is 25.9 Å². The van der Waals surface area contributed by atoms with Crippen molar-refractivity contribution in [1.29, 1.82) is 0 Å². The lowest BCUT2D eigenvalue weighted by Crippen LogP contribution is -2.43. The molecule has 0 saturated carbocycles. The van der Waals surface area contributed by atoms with Gasteiger partial charge in [-0.25, -0.2) is 4.90 Å². The fraction of sp³-hybridized carbons (Fsp3) is 0.286. The van der Waals surface area contributed by atoms with Crippen molar-refractivity contribution in [3.63, 3.8) is 0 Å². The van der Waals surface area contributed by atoms with Gasteiger partial charge in [-0.2, -0.15) is 0 Å². The lowest BCUT2D eigenvalue weighted by atomic mass is 9.86.